The number of hydrogen-bond donors (Lipinski definition) is 1. The van der Waals surface area contributed by atoms with Crippen LogP contribution in [0.1, 0.15) is 27.6 Å². The Balaban J connectivity index is 2.74. The Morgan fingerprint density at radius 2 is 1.69 bits per heavy atom. The number of carbonyl (C=O) groups is 2. The maximum atomic E-state index is 11.4. The summed E-state index contributed by atoms with van der Waals surface area (Å²) < 4.78 is 9.64. The van der Waals surface area contributed by atoms with Crippen LogP contribution < -0.4 is 0 Å². The number of esters is 1. The molecule has 0 spiro atoms. The predicted octanol–water partition coefficient (Wildman–Crippen LogP) is 1.53. The van der Waals surface area contributed by atoms with E-state index in [1.807, 2.05) is 0 Å². The van der Waals surface area contributed by atoms with Crippen LogP contribution in [0.2, 0.25) is 0 Å². The van der Waals surface area contributed by atoms with Crippen molar-refractivity contribution in [1.82, 2.24) is 0 Å². The van der Waals surface area contributed by atoms with Gasteiger partial charge < -0.3 is 14.6 Å². The van der Waals surface area contributed by atoms with Crippen LogP contribution in [0.5, 0.6) is 0 Å². The van der Waals surface area contributed by atoms with Crippen LogP contribution in [-0.2, 0) is 9.47 Å². The lowest BCUT2D eigenvalue weighted by molar-refractivity contribution is -0.0773. The highest BCUT2D eigenvalue weighted by atomic mass is 16.7. The van der Waals surface area contributed by atoms with Gasteiger partial charge in [0.25, 0.3) is 0 Å². The van der Waals surface area contributed by atoms with Crippen molar-refractivity contribution in [2.75, 3.05) is 7.11 Å². The van der Waals surface area contributed by atoms with Crippen LogP contribution in [0.15, 0.2) is 24.3 Å². The number of benzene rings is 1. The van der Waals surface area contributed by atoms with Gasteiger partial charge in [-0.2, -0.15) is 0 Å². The Labute approximate surface area is 92.6 Å². The first-order chi connectivity index (χ1) is 7.54. The summed E-state index contributed by atoms with van der Waals surface area (Å²) in [7, 11) is 1.42. The number of methoxy groups -OCH3 is 1. The van der Waals surface area contributed by atoms with Crippen LogP contribution in [0, 0.1) is 0 Å². The molecule has 0 saturated carbocycles. The Hall–Kier alpha value is -1.88. The minimum Gasteiger partial charge on any atom is -0.478 e. The summed E-state index contributed by atoms with van der Waals surface area (Å²) in [6.07, 6.45) is -0.633. The van der Waals surface area contributed by atoms with E-state index in [2.05, 4.69) is 0 Å². The van der Waals surface area contributed by atoms with Gasteiger partial charge in [0.15, 0.2) is 6.29 Å². The number of carboxylic acid groups (broad SMARTS) is 1. The molecule has 0 aliphatic heterocycles. The largest absolute Gasteiger partial charge is 0.478 e. The highest BCUT2D eigenvalue weighted by Crippen LogP contribution is 2.07. The fraction of sp³-hybridized carbons (Fsp3) is 0.273. The number of rotatable bonds is 4. The molecule has 5 heteroatoms. The normalized spacial score (nSPS) is 11.9. The lowest BCUT2D eigenvalue weighted by Gasteiger charge is -2.10. The molecule has 1 atom stereocenters. The molecule has 0 aliphatic rings. The van der Waals surface area contributed by atoms with Gasteiger partial charge in [-0.15, -0.1) is 0 Å². The van der Waals surface area contributed by atoms with Crippen LogP contribution in [0.3, 0.4) is 0 Å². The van der Waals surface area contributed by atoms with Crippen molar-refractivity contribution in [3.63, 3.8) is 0 Å². The van der Waals surface area contributed by atoms with E-state index in [1.165, 1.54) is 31.4 Å². The van der Waals surface area contributed by atoms with Crippen molar-refractivity contribution >= 4 is 11.9 Å². The maximum Gasteiger partial charge on any atom is 0.340 e. The molecule has 0 bridgehead atoms. The standard InChI is InChI=1S/C11H12O5/c1-7(15-2)16-11(14)9-5-3-8(4-6-9)10(12)13/h3-7H,1-2H3,(H,12,13). The van der Waals surface area contributed by atoms with Gasteiger partial charge >= 0.3 is 11.9 Å². The Morgan fingerprint density at radius 3 is 2.12 bits per heavy atom. The van der Waals surface area contributed by atoms with Gasteiger partial charge in [0.2, 0.25) is 0 Å². The quantitative estimate of drug-likeness (QED) is 0.620. The van der Waals surface area contributed by atoms with Crippen molar-refractivity contribution in [2.45, 2.75) is 13.2 Å². The average molecular weight is 224 g/mol. The summed E-state index contributed by atoms with van der Waals surface area (Å²) >= 11 is 0. The van der Waals surface area contributed by atoms with E-state index in [1.54, 1.807) is 6.92 Å². The molecular formula is C11H12O5. The second-order valence-corrected chi connectivity index (χ2v) is 3.09. The fourth-order valence-corrected chi connectivity index (χ4v) is 1.02. The van der Waals surface area contributed by atoms with Gasteiger partial charge in [-0.1, -0.05) is 0 Å². The van der Waals surface area contributed by atoms with Crippen LogP contribution in [0.25, 0.3) is 0 Å². The third kappa shape index (κ3) is 3.06. The topological polar surface area (TPSA) is 72.8 Å². The molecule has 5 nitrogen and oxygen atoms in total. The smallest absolute Gasteiger partial charge is 0.340 e. The first-order valence-electron chi connectivity index (χ1n) is 4.61. The second kappa shape index (κ2) is 5.27. The predicted molar refractivity (Wildman–Crippen MR) is 55.3 cm³/mol. The van der Waals surface area contributed by atoms with E-state index in [0.29, 0.717) is 0 Å². The maximum absolute atomic E-state index is 11.4. The zero-order valence-electron chi connectivity index (χ0n) is 8.97. The summed E-state index contributed by atoms with van der Waals surface area (Å²) in [5.74, 6) is -1.59. The van der Waals surface area contributed by atoms with Crippen LogP contribution in [0.4, 0.5) is 0 Å². The minimum absolute atomic E-state index is 0.122. The third-order valence-corrected chi connectivity index (χ3v) is 1.97. The van der Waals surface area contributed by atoms with Crippen molar-refractivity contribution in [2.24, 2.45) is 0 Å². The number of carboxylic acids is 1. The van der Waals surface area contributed by atoms with E-state index in [4.69, 9.17) is 14.6 Å². The lowest BCUT2D eigenvalue weighted by Crippen LogP contribution is -2.16. The van der Waals surface area contributed by atoms with E-state index in [0.717, 1.165) is 0 Å². The van der Waals surface area contributed by atoms with E-state index in [9.17, 15) is 9.59 Å². The van der Waals surface area contributed by atoms with Crippen LogP contribution in [-0.4, -0.2) is 30.4 Å². The molecule has 0 aromatic heterocycles. The minimum atomic E-state index is -1.04. The summed E-state index contributed by atoms with van der Waals surface area (Å²) in [4.78, 5) is 22.0. The van der Waals surface area contributed by atoms with Gasteiger partial charge in [-0.25, -0.2) is 9.59 Å². The molecule has 0 aliphatic carbocycles. The molecule has 1 unspecified atom stereocenters. The van der Waals surface area contributed by atoms with Gasteiger partial charge in [-0.3, -0.25) is 0 Å². The fourth-order valence-electron chi connectivity index (χ4n) is 1.02. The third-order valence-electron chi connectivity index (χ3n) is 1.97. The number of carbonyl (C=O) groups excluding carboxylic acids is 1. The van der Waals surface area contributed by atoms with E-state index < -0.39 is 18.2 Å². The first kappa shape index (κ1) is 12.2. The zero-order valence-corrected chi connectivity index (χ0v) is 8.97. The van der Waals surface area contributed by atoms with Crippen molar-refractivity contribution in [1.29, 1.82) is 0 Å². The molecule has 86 valence electrons. The summed E-state index contributed by atoms with van der Waals surface area (Å²) in [6, 6.07) is 5.48. The molecule has 0 fully saturated rings. The number of hydrogen-bond acceptors (Lipinski definition) is 4. The van der Waals surface area contributed by atoms with Gasteiger partial charge in [-0.05, 0) is 31.2 Å². The molecule has 1 aromatic carbocycles. The second-order valence-electron chi connectivity index (χ2n) is 3.09. The molecular weight excluding hydrogens is 212 g/mol. The van der Waals surface area contributed by atoms with E-state index in [-0.39, 0.29) is 11.1 Å². The van der Waals surface area contributed by atoms with Gasteiger partial charge in [0, 0.05) is 7.11 Å². The molecule has 1 aromatic rings. The molecule has 1 rings (SSSR count). The molecule has 0 saturated heterocycles. The van der Waals surface area contributed by atoms with Crippen molar-refractivity contribution in [3.8, 4) is 0 Å². The van der Waals surface area contributed by atoms with Gasteiger partial charge in [0.05, 0.1) is 11.1 Å². The number of aromatic carboxylic acids is 1. The highest BCUT2D eigenvalue weighted by molar-refractivity contribution is 5.92. The summed E-state index contributed by atoms with van der Waals surface area (Å²) in [6.45, 7) is 1.59. The summed E-state index contributed by atoms with van der Waals surface area (Å²) in [5.41, 5.74) is 0.408. The average Bonchev–Trinajstić information content (AvgIpc) is 2.28. The molecule has 0 heterocycles. The Bertz CT molecular complexity index is 382. The zero-order chi connectivity index (χ0) is 12.1. The van der Waals surface area contributed by atoms with Crippen molar-refractivity contribution < 1.29 is 24.2 Å². The first-order valence-corrected chi connectivity index (χ1v) is 4.61. The molecule has 0 amide bonds. The summed E-state index contributed by atoms with van der Waals surface area (Å²) in [5, 5.41) is 8.66. The Kier molecular flexibility index (Phi) is 4.02. The van der Waals surface area contributed by atoms with Crippen molar-refractivity contribution in [3.05, 3.63) is 35.4 Å². The van der Waals surface area contributed by atoms with E-state index >= 15 is 0 Å². The molecule has 16 heavy (non-hydrogen) atoms. The monoisotopic (exact) mass is 224 g/mol. The highest BCUT2D eigenvalue weighted by Gasteiger charge is 2.11. The SMILES string of the molecule is COC(C)OC(=O)c1ccc(C(=O)O)cc1. The molecule has 0 radical (unpaired) electrons. The lowest BCUT2D eigenvalue weighted by atomic mass is 10.1. The Morgan fingerprint density at radius 1 is 1.19 bits per heavy atom. The number of ether oxygens (including phenoxy) is 2. The van der Waals surface area contributed by atoms with Crippen LogP contribution >= 0.6 is 0 Å². The molecule has 1 N–H and O–H groups in total. The van der Waals surface area contributed by atoms with Gasteiger partial charge in [0.1, 0.15) is 0 Å².